The van der Waals surface area contributed by atoms with E-state index in [2.05, 4.69) is 6.08 Å². The highest BCUT2D eigenvalue weighted by atomic mass is 32.2. The lowest BCUT2D eigenvalue weighted by atomic mass is 9.96. The summed E-state index contributed by atoms with van der Waals surface area (Å²) in [5.41, 5.74) is 1.000. The first-order chi connectivity index (χ1) is 6.45. The zero-order valence-corrected chi connectivity index (χ0v) is 8.97. The van der Waals surface area contributed by atoms with Crippen LogP contribution >= 0.6 is 0 Å². The lowest BCUT2D eigenvalue weighted by Crippen LogP contribution is -2.04. The van der Waals surface area contributed by atoms with Gasteiger partial charge in [0.25, 0.3) is 0 Å². The third-order valence-electron chi connectivity index (χ3n) is 2.26. The molecule has 0 aliphatic heterocycles. The molecule has 0 saturated heterocycles. The van der Waals surface area contributed by atoms with E-state index in [-0.39, 0.29) is 4.91 Å². The molecule has 1 atom stereocenters. The Morgan fingerprint density at radius 2 is 2.14 bits per heavy atom. The van der Waals surface area contributed by atoms with E-state index >= 15 is 0 Å². The van der Waals surface area contributed by atoms with Crippen LogP contribution in [0.4, 0.5) is 0 Å². The van der Waals surface area contributed by atoms with Crippen molar-refractivity contribution < 1.29 is 13.0 Å². The van der Waals surface area contributed by atoms with Gasteiger partial charge in [0.05, 0.1) is 23.8 Å². The average molecular weight is 212 g/mol. The molecule has 0 amide bonds. The maximum atomic E-state index is 10.6. The highest BCUT2D eigenvalue weighted by Crippen LogP contribution is 2.21. The predicted molar refractivity (Wildman–Crippen MR) is 53.1 cm³/mol. The normalized spacial score (nSPS) is 18.2. The van der Waals surface area contributed by atoms with E-state index in [1.807, 2.05) is 13.8 Å². The van der Waals surface area contributed by atoms with Crippen LogP contribution in [-0.4, -0.2) is 13.0 Å². The first-order valence-corrected chi connectivity index (χ1v) is 5.83. The maximum absolute atomic E-state index is 10.6. The van der Waals surface area contributed by atoms with Crippen LogP contribution in [0.5, 0.6) is 0 Å². The largest absolute Gasteiger partial charge is 0.742 e. The molecule has 0 fully saturated rings. The van der Waals surface area contributed by atoms with Crippen LogP contribution in [0.25, 0.3) is 0 Å². The van der Waals surface area contributed by atoms with E-state index in [1.165, 1.54) is 6.08 Å². The van der Waals surface area contributed by atoms with Gasteiger partial charge in [-0.05, 0) is 13.3 Å². The zero-order valence-electron chi connectivity index (χ0n) is 8.15. The Bertz CT molecular complexity index is 399. The highest BCUT2D eigenvalue weighted by molar-refractivity contribution is 7.89. The lowest BCUT2D eigenvalue weighted by molar-refractivity contribution is 0.471. The molecule has 1 rings (SSSR count). The molecule has 76 valence electrons. The Balaban J connectivity index is 2.93. The molecule has 0 heterocycles. The minimum Gasteiger partial charge on any atom is -0.742 e. The van der Waals surface area contributed by atoms with Gasteiger partial charge in [0.15, 0.2) is 10.1 Å². The summed E-state index contributed by atoms with van der Waals surface area (Å²) in [5, 5.41) is 0. The molecular formula is C10H12O3S. The zero-order chi connectivity index (χ0) is 10.8. The summed E-state index contributed by atoms with van der Waals surface area (Å²) in [6.07, 6.45) is 8.00. The van der Waals surface area contributed by atoms with Gasteiger partial charge in [-0.15, -0.1) is 0 Å². The minimum absolute atomic E-state index is 0.287. The number of rotatable bonds is 3. The second-order valence-corrected chi connectivity index (χ2v) is 4.60. The molecule has 14 heavy (non-hydrogen) atoms. The standard InChI is InChI=1S/C10H12O3S/c1-3-8(2)9-4-6-10(7-5-9)14(11,12)13/h4-6,8H,3H2,1-2H3. The van der Waals surface area contributed by atoms with Crippen molar-refractivity contribution in [3.63, 3.8) is 0 Å². The van der Waals surface area contributed by atoms with Gasteiger partial charge in [0.1, 0.15) is 6.08 Å². The number of hydrogen-bond acceptors (Lipinski definition) is 3. The van der Waals surface area contributed by atoms with Crippen molar-refractivity contribution >= 4 is 10.1 Å². The quantitative estimate of drug-likeness (QED) is 0.529. The van der Waals surface area contributed by atoms with E-state index in [0.29, 0.717) is 5.92 Å². The van der Waals surface area contributed by atoms with Gasteiger partial charge in [-0.3, -0.25) is 0 Å². The van der Waals surface area contributed by atoms with E-state index in [1.54, 1.807) is 12.2 Å². The molecule has 0 aromatic rings. The van der Waals surface area contributed by atoms with Crippen LogP contribution in [0.1, 0.15) is 20.3 Å². The third kappa shape index (κ3) is 2.51. The Morgan fingerprint density at radius 3 is 2.50 bits per heavy atom. The van der Waals surface area contributed by atoms with Crippen molar-refractivity contribution in [3.05, 3.63) is 34.8 Å². The van der Waals surface area contributed by atoms with E-state index < -0.39 is 10.1 Å². The Labute approximate surface area is 84.6 Å². The molecule has 0 aromatic heterocycles. The van der Waals surface area contributed by atoms with Crippen LogP contribution in [0.3, 0.4) is 0 Å². The van der Waals surface area contributed by atoms with E-state index in [0.717, 1.165) is 12.0 Å². The minimum atomic E-state index is -4.36. The Kier molecular flexibility index (Phi) is 3.21. The van der Waals surface area contributed by atoms with Crippen molar-refractivity contribution in [1.82, 2.24) is 0 Å². The maximum Gasteiger partial charge on any atom is 0.217 e. The summed E-state index contributed by atoms with van der Waals surface area (Å²) in [6.45, 7) is 4.08. The van der Waals surface area contributed by atoms with Crippen LogP contribution in [0.15, 0.2) is 28.7 Å². The monoisotopic (exact) mass is 212 g/mol. The average Bonchev–Trinajstić information content (AvgIpc) is 2.15. The first kappa shape index (κ1) is 11.1. The molecule has 0 spiro atoms. The molecule has 0 aromatic carbocycles. The topological polar surface area (TPSA) is 57.2 Å². The van der Waals surface area contributed by atoms with Crippen LogP contribution in [0.2, 0.25) is 0 Å². The SMILES string of the molecule is CCC(C)C1=C[C+]=C(S(=O)(=O)[O-])C=C1. The smallest absolute Gasteiger partial charge is 0.217 e. The fourth-order valence-corrected chi connectivity index (χ4v) is 1.56. The highest BCUT2D eigenvalue weighted by Gasteiger charge is 2.17. The first-order valence-electron chi connectivity index (χ1n) is 4.42. The lowest BCUT2D eigenvalue weighted by Gasteiger charge is -2.07. The molecule has 4 heteroatoms. The third-order valence-corrected chi connectivity index (χ3v) is 3.05. The Hall–Kier alpha value is -0.960. The second kappa shape index (κ2) is 4.05. The van der Waals surface area contributed by atoms with Gasteiger partial charge >= 0.3 is 0 Å². The van der Waals surface area contributed by atoms with Crippen LogP contribution in [-0.2, 0) is 10.1 Å². The molecule has 1 aliphatic rings. The molecule has 1 aliphatic carbocycles. The van der Waals surface area contributed by atoms with Crippen molar-refractivity contribution in [2.24, 2.45) is 5.92 Å². The van der Waals surface area contributed by atoms with E-state index in [9.17, 15) is 13.0 Å². The summed E-state index contributed by atoms with van der Waals surface area (Å²) in [4.78, 5) is -0.287. The number of allylic oxidation sites excluding steroid dienone is 5. The molecule has 0 bridgehead atoms. The summed E-state index contributed by atoms with van der Waals surface area (Å²) in [6, 6.07) is 0. The van der Waals surface area contributed by atoms with Crippen molar-refractivity contribution in [2.75, 3.05) is 0 Å². The van der Waals surface area contributed by atoms with Gasteiger partial charge in [0.2, 0.25) is 4.91 Å². The fraction of sp³-hybridized carbons (Fsp3) is 0.400. The van der Waals surface area contributed by atoms with E-state index in [4.69, 9.17) is 0 Å². The predicted octanol–water partition coefficient (Wildman–Crippen LogP) is 1.76. The summed E-state index contributed by atoms with van der Waals surface area (Å²) in [7, 11) is -4.36. The molecule has 3 nitrogen and oxygen atoms in total. The van der Waals surface area contributed by atoms with Crippen LogP contribution < -0.4 is 0 Å². The summed E-state index contributed by atoms with van der Waals surface area (Å²) < 4.78 is 31.8. The Morgan fingerprint density at radius 1 is 1.50 bits per heavy atom. The van der Waals surface area contributed by atoms with Crippen molar-refractivity contribution in [2.45, 2.75) is 20.3 Å². The fourth-order valence-electron chi connectivity index (χ4n) is 1.12. The number of hydrogen-bond donors (Lipinski definition) is 0. The molecule has 0 N–H and O–H groups in total. The van der Waals surface area contributed by atoms with Gasteiger partial charge in [-0.2, -0.15) is 0 Å². The molecular weight excluding hydrogens is 200 g/mol. The van der Waals surface area contributed by atoms with Gasteiger partial charge in [-0.1, -0.05) is 6.92 Å². The van der Waals surface area contributed by atoms with Crippen molar-refractivity contribution in [1.29, 1.82) is 0 Å². The second-order valence-electron chi connectivity index (χ2n) is 3.25. The van der Waals surface area contributed by atoms with Gasteiger partial charge in [-0.25, -0.2) is 8.42 Å². The summed E-state index contributed by atoms with van der Waals surface area (Å²) >= 11 is 0. The summed E-state index contributed by atoms with van der Waals surface area (Å²) in [5.74, 6) is 0.356. The van der Waals surface area contributed by atoms with Crippen LogP contribution in [0, 0.1) is 12.0 Å². The molecule has 0 saturated carbocycles. The van der Waals surface area contributed by atoms with Gasteiger partial charge in [0, 0.05) is 5.92 Å². The molecule has 1 unspecified atom stereocenters. The molecule has 0 radical (unpaired) electrons. The van der Waals surface area contributed by atoms with Crippen molar-refractivity contribution in [3.8, 4) is 0 Å². The van der Waals surface area contributed by atoms with Gasteiger partial charge < -0.3 is 4.55 Å².